The first-order chi connectivity index (χ1) is 8.03. The maximum atomic E-state index is 5.71. The van der Waals surface area contributed by atoms with Crippen LogP contribution in [0, 0.1) is 4.77 Å². The van der Waals surface area contributed by atoms with Crippen molar-refractivity contribution in [3.63, 3.8) is 0 Å². The standard InChI is InChI=1S/C11H20N4OS/c1-4-5-15-9(12-13-10(15)17)14-6-7-16-11(2,3)8-14/h4-8H2,1-3H3,(H,13,17). The first-order valence-corrected chi connectivity index (χ1v) is 6.48. The minimum Gasteiger partial charge on any atom is -0.372 e. The van der Waals surface area contributed by atoms with Crippen molar-refractivity contribution in [2.24, 2.45) is 0 Å². The molecule has 0 bridgehead atoms. The predicted octanol–water partition coefficient (Wildman–Crippen LogP) is 1.97. The van der Waals surface area contributed by atoms with Gasteiger partial charge in [-0.15, -0.1) is 5.10 Å². The van der Waals surface area contributed by atoms with Gasteiger partial charge < -0.3 is 9.64 Å². The van der Waals surface area contributed by atoms with E-state index in [1.807, 2.05) is 0 Å². The third-order valence-corrected chi connectivity index (χ3v) is 3.21. The van der Waals surface area contributed by atoms with Crippen LogP contribution in [0.1, 0.15) is 27.2 Å². The molecule has 96 valence electrons. The summed E-state index contributed by atoms with van der Waals surface area (Å²) in [6.45, 7) is 9.70. The average molecular weight is 256 g/mol. The molecule has 0 aromatic carbocycles. The van der Waals surface area contributed by atoms with Crippen molar-refractivity contribution in [1.29, 1.82) is 0 Å². The molecule has 1 N–H and O–H groups in total. The molecular formula is C11H20N4OS. The van der Waals surface area contributed by atoms with E-state index in [0.29, 0.717) is 4.77 Å². The molecule has 1 aromatic rings. The summed E-state index contributed by atoms with van der Waals surface area (Å²) in [5.41, 5.74) is -0.122. The van der Waals surface area contributed by atoms with E-state index < -0.39 is 0 Å². The fraction of sp³-hybridized carbons (Fsp3) is 0.818. The van der Waals surface area contributed by atoms with Gasteiger partial charge in [-0.3, -0.25) is 4.57 Å². The van der Waals surface area contributed by atoms with E-state index in [0.717, 1.165) is 38.6 Å². The lowest BCUT2D eigenvalue weighted by molar-refractivity contribution is -0.0283. The maximum absolute atomic E-state index is 5.71. The summed E-state index contributed by atoms with van der Waals surface area (Å²) < 4.78 is 8.48. The van der Waals surface area contributed by atoms with Crippen molar-refractivity contribution < 1.29 is 4.74 Å². The monoisotopic (exact) mass is 256 g/mol. The Morgan fingerprint density at radius 3 is 2.94 bits per heavy atom. The quantitative estimate of drug-likeness (QED) is 0.840. The largest absolute Gasteiger partial charge is 0.372 e. The Balaban J connectivity index is 2.24. The third kappa shape index (κ3) is 2.69. The van der Waals surface area contributed by atoms with Crippen LogP contribution >= 0.6 is 12.2 Å². The van der Waals surface area contributed by atoms with Gasteiger partial charge in [-0.25, -0.2) is 5.10 Å². The number of nitrogens with one attached hydrogen (secondary N) is 1. The highest BCUT2D eigenvalue weighted by Gasteiger charge is 2.29. The number of anilines is 1. The zero-order valence-electron chi connectivity index (χ0n) is 10.7. The molecule has 5 nitrogen and oxygen atoms in total. The summed E-state index contributed by atoms with van der Waals surface area (Å²) in [6, 6.07) is 0. The molecule has 1 aromatic heterocycles. The molecule has 17 heavy (non-hydrogen) atoms. The molecule has 0 atom stereocenters. The Bertz CT molecular complexity index is 437. The van der Waals surface area contributed by atoms with Gasteiger partial charge in [0, 0.05) is 19.6 Å². The van der Waals surface area contributed by atoms with Gasteiger partial charge in [0.25, 0.3) is 0 Å². The molecule has 2 rings (SSSR count). The van der Waals surface area contributed by atoms with Gasteiger partial charge in [-0.2, -0.15) is 0 Å². The normalized spacial score (nSPS) is 19.6. The Morgan fingerprint density at radius 1 is 1.53 bits per heavy atom. The molecule has 0 radical (unpaired) electrons. The predicted molar refractivity (Wildman–Crippen MR) is 69.9 cm³/mol. The highest BCUT2D eigenvalue weighted by atomic mass is 32.1. The highest BCUT2D eigenvalue weighted by Crippen LogP contribution is 2.21. The average Bonchev–Trinajstić information content (AvgIpc) is 2.60. The Morgan fingerprint density at radius 2 is 2.29 bits per heavy atom. The van der Waals surface area contributed by atoms with E-state index in [1.165, 1.54) is 0 Å². The first kappa shape index (κ1) is 12.6. The van der Waals surface area contributed by atoms with Crippen molar-refractivity contribution in [2.75, 3.05) is 24.6 Å². The number of hydrogen-bond acceptors (Lipinski definition) is 4. The number of aromatic amines is 1. The van der Waals surface area contributed by atoms with Crippen molar-refractivity contribution in [1.82, 2.24) is 14.8 Å². The SMILES string of the molecule is CCCn1c(N2CCOC(C)(C)C2)n[nH]c1=S. The Kier molecular flexibility index (Phi) is 3.53. The number of aromatic nitrogens is 3. The fourth-order valence-corrected chi connectivity index (χ4v) is 2.38. The summed E-state index contributed by atoms with van der Waals surface area (Å²) in [4.78, 5) is 2.24. The van der Waals surface area contributed by atoms with Crippen LogP contribution in [-0.4, -0.2) is 40.1 Å². The van der Waals surface area contributed by atoms with Crippen LogP contribution in [0.25, 0.3) is 0 Å². The Labute approximate surface area is 107 Å². The van der Waals surface area contributed by atoms with Crippen molar-refractivity contribution in [3.05, 3.63) is 4.77 Å². The van der Waals surface area contributed by atoms with Gasteiger partial charge in [0.1, 0.15) is 0 Å². The van der Waals surface area contributed by atoms with Gasteiger partial charge in [0.2, 0.25) is 5.95 Å². The van der Waals surface area contributed by atoms with Gasteiger partial charge in [0.05, 0.1) is 12.2 Å². The second-order valence-corrected chi connectivity index (χ2v) is 5.40. The van der Waals surface area contributed by atoms with Gasteiger partial charge in [-0.05, 0) is 32.5 Å². The Hall–Kier alpha value is -0.880. The number of hydrogen-bond donors (Lipinski definition) is 1. The van der Waals surface area contributed by atoms with Crippen molar-refractivity contribution in [3.8, 4) is 0 Å². The van der Waals surface area contributed by atoms with Crippen LogP contribution in [0.15, 0.2) is 0 Å². The van der Waals surface area contributed by atoms with E-state index in [9.17, 15) is 0 Å². The minimum atomic E-state index is -0.122. The fourth-order valence-electron chi connectivity index (χ4n) is 2.16. The smallest absolute Gasteiger partial charge is 0.225 e. The van der Waals surface area contributed by atoms with Crippen LogP contribution in [-0.2, 0) is 11.3 Å². The van der Waals surface area contributed by atoms with Crippen LogP contribution in [0.4, 0.5) is 5.95 Å². The summed E-state index contributed by atoms with van der Waals surface area (Å²) >= 11 is 5.25. The molecule has 1 saturated heterocycles. The molecule has 0 unspecified atom stereocenters. The molecule has 0 spiro atoms. The second kappa shape index (κ2) is 4.78. The maximum Gasteiger partial charge on any atom is 0.225 e. The lowest BCUT2D eigenvalue weighted by atomic mass is 10.1. The van der Waals surface area contributed by atoms with Gasteiger partial charge >= 0.3 is 0 Å². The summed E-state index contributed by atoms with van der Waals surface area (Å²) in [5, 5.41) is 7.22. The minimum absolute atomic E-state index is 0.122. The number of H-pyrrole nitrogens is 1. The van der Waals surface area contributed by atoms with E-state index in [-0.39, 0.29) is 5.60 Å². The lowest BCUT2D eigenvalue weighted by Crippen LogP contribution is -2.49. The summed E-state index contributed by atoms with van der Waals surface area (Å²) in [6.07, 6.45) is 1.05. The molecule has 0 saturated carbocycles. The number of rotatable bonds is 3. The summed E-state index contributed by atoms with van der Waals surface area (Å²) in [7, 11) is 0. The van der Waals surface area contributed by atoms with Gasteiger partial charge in [-0.1, -0.05) is 6.92 Å². The number of ether oxygens (including phenoxy) is 1. The number of nitrogens with zero attached hydrogens (tertiary/aromatic N) is 3. The molecule has 1 aliphatic heterocycles. The molecular weight excluding hydrogens is 236 g/mol. The van der Waals surface area contributed by atoms with E-state index in [1.54, 1.807) is 0 Å². The topological polar surface area (TPSA) is 46.1 Å². The molecule has 0 aliphatic carbocycles. The van der Waals surface area contributed by atoms with Gasteiger partial charge in [0.15, 0.2) is 4.77 Å². The first-order valence-electron chi connectivity index (χ1n) is 6.07. The molecule has 0 amide bonds. The van der Waals surface area contributed by atoms with Crippen LogP contribution in [0.3, 0.4) is 0 Å². The van der Waals surface area contributed by atoms with E-state index >= 15 is 0 Å². The highest BCUT2D eigenvalue weighted by molar-refractivity contribution is 7.71. The summed E-state index contributed by atoms with van der Waals surface area (Å²) in [5.74, 6) is 0.938. The zero-order valence-corrected chi connectivity index (χ0v) is 11.5. The van der Waals surface area contributed by atoms with Crippen LogP contribution < -0.4 is 4.90 Å². The molecule has 1 aliphatic rings. The molecule has 2 heterocycles. The van der Waals surface area contributed by atoms with E-state index in [4.69, 9.17) is 17.0 Å². The van der Waals surface area contributed by atoms with Crippen LogP contribution in [0.2, 0.25) is 0 Å². The lowest BCUT2D eigenvalue weighted by Gasteiger charge is -2.38. The van der Waals surface area contributed by atoms with Crippen molar-refractivity contribution in [2.45, 2.75) is 39.3 Å². The van der Waals surface area contributed by atoms with Crippen LogP contribution in [0.5, 0.6) is 0 Å². The zero-order chi connectivity index (χ0) is 12.5. The molecule has 1 fully saturated rings. The second-order valence-electron chi connectivity index (χ2n) is 5.01. The molecule has 6 heteroatoms. The van der Waals surface area contributed by atoms with Crippen molar-refractivity contribution >= 4 is 18.2 Å². The number of morpholine rings is 1. The van der Waals surface area contributed by atoms with E-state index in [2.05, 4.69) is 40.4 Å². The third-order valence-electron chi connectivity index (χ3n) is 2.89.